The number of carbonyl (C=O) groups is 1. The van der Waals surface area contributed by atoms with Gasteiger partial charge >= 0.3 is 0 Å². The lowest BCUT2D eigenvalue weighted by molar-refractivity contribution is -0.121. The zero-order chi connectivity index (χ0) is 12.1. The van der Waals surface area contributed by atoms with E-state index in [0.717, 1.165) is 23.7 Å². The lowest BCUT2D eigenvalue weighted by atomic mass is 9.79. The Morgan fingerprint density at radius 2 is 1.83 bits per heavy atom. The van der Waals surface area contributed by atoms with Gasteiger partial charge in [-0.05, 0) is 62.2 Å². The summed E-state index contributed by atoms with van der Waals surface area (Å²) < 4.78 is 0. The SMILES string of the molecule is O=C(CNC1CC1)NC1CC2CC1C1CCCC21. The topological polar surface area (TPSA) is 41.1 Å². The molecular weight excluding hydrogens is 224 g/mol. The van der Waals surface area contributed by atoms with Gasteiger partial charge in [-0.2, -0.15) is 0 Å². The number of rotatable bonds is 4. The fourth-order valence-corrected chi connectivity index (χ4v) is 5.02. The van der Waals surface area contributed by atoms with Crippen molar-refractivity contribution in [3.8, 4) is 0 Å². The van der Waals surface area contributed by atoms with Crippen molar-refractivity contribution in [3.63, 3.8) is 0 Å². The Bertz CT molecular complexity index is 352. The van der Waals surface area contributed by atoms with E-state index >= 15 is 0 Å². The molecule has 1 amide bonds. The molecule has 0 heterocycles. The van der Waals surface area contributed by atoms with Crippen molar-refractivity contribution in [2.45, 2.75) is 57.0 Å². The van der Waals surface area contributed by atoms with Crippen LogP contribution in [0.25, 0.3) is 0 Å². The summed E-state index contributed by atoms with van der Waals surface area (Å²) in [5, 5.41) is 6.61. The van der Waals surface area contributed by atoms with E-state index in [9.17, 15) is 4.79 Å². The molecule has 5 unspecified atom stereocenters. The van der Waals surface area contributed by atoms with Gasteiger partial charge in [0.25, 0.3) is 0 Å². The average Bonchev–Trinajstić information content (AvgIpc) is 2.78. The van der Waals surface area contributed by atoms with Gasteiger partial charge in [0.2, 0.25) is 5.91 Å². The first-order valence-corrected chi connectivity index (χ1v) is 7.84. The summed E-state index contributed by atoms with van der Waals surface area (Å²) in [5.41, 5.74) is 0. The Kier molecular flexibility index (Phi) is 2.65. The standard InChI is InChI=1S/C15H24N2O/c18-15(8-16-10-4-5-10)17-14-7-9-6-13(14)12-3-1-2-11(9)12/h9-14,16H,1-8H2,(H,17,18). The summed E-state index contributed by atoms with van der Waals surface area (Å²) in [6.07, 6.45) is 9.51. The molecule has 4 aliphatic carbocycles. The van der Waals surface area contributed by atoms with Crippen molar-refractivity contribution in [3.05, 3.63) is 0 Å². The molecule has 4 aliphatic rings. The first-order chi connectivity index (χ1) is 8.81. The minimum atomic E-state index is 0.231. The third-order valence-corrected chi connectivity index (χ3v) is 5.90. The molecule has 0 aromatic rings. The third kappa shape index (κ3) is 1.87. The van der Waals surface area contributed by atoms with Gasteiger partial charge in [-0.1, -0.05) is 6.42 Å². The number of hydrogen-bond acceptors (Lipinski definition) is 2. The fraction of sp³-hybridized carbons (Fsp3) is 0.933. The van der Waals surface area contributed by atoms with E-state index in [1.165, 1.54) is 44.9 Å². The number of nitrogens with one attached hydrogen (secondary N) is 2. The van der Waals surface area contributed by atoms with Gasteiger partial charge in [0.05, 0.1) is 6.54 Å². The molecule has 0 spiro atoms. The van der Waals surface area contributed by atoms with Crippen LogP contribution in [0, 0.1) is 23.7 Å². The monoisotopic (exact) mass is 248 g/mol. The second kappa shape index (κ2) is 4.22. The predicted octanol–water partition coefficient (Wildman–Crippen LogP) is 1.68. The largest absolute Gasteiger partial charge is 0.352 e. The summed E-state index contributed by atoms with van der Waals surface area (Å²) >= 11 is 0. The van der Waals surface area contributed by atoms with E-state index in [4.69, 9.17) is 0 Å². The van der Waals surface area contributed by atoms with Crippen molar-refractivity contribution >= 4 is 5.91 Å². The predicted molar refractivity (Wildman–Crippen MR) is 70.0 cm³/mol. The van der Waals surface area contributed by atoms with Crippen LogP contribution in [0.3, 0.4) is 0 Å². The zero-order valence-corrected chi connectivity index (χ0v) is 11.0. The van der Waals surface area contributed by atoms with Crippen LogP contribution in [-0.4, -0.2) is 24.5 Å². The number of amides is 1. The number of fused-ring (bicyclic) bond motifs is 5. The maximum atomic E-state index is 11.9. The highest BCUT2D eigenvalue weighted by atomic mass is 16.2. The summed E-state index contributed by atoms with van der Waals surface area (Å²) in [6, 6.07) is 1.14. The third-order valence-electron chi connectivity index (χ3n) is 5.90. The summed E-state index contributed by atoms with van der Waals surface area (Å²) in [5.74, 6) is 3.95. The Morgan fingerprint density at radius 1 is 1.00 bits per heavy atom. The van der Waals surface area contributed by atoms with Gasteiger partial charge in [-0.15, -0.1) is 0 Å². The fourth-order valence-electron chi connectivity index (χ4n) is 5.02. The molecule has 3 nitrogen and oxygen atoms in total. The molecule has 4 rings (SSSR count). The van der Waals surface area contributed by atoms with Crippen LogP contribution in [0.15, 0.2) is 0 Å². The van der Waals surface area contributed by atoms with Gasteiger partial charge in [-0.25, -0.2) is 0 Å². The highest BCUT2D eigenvalue weighted by Crippen LogP contribution is 2.58. The van der Waals surface area contributed by atoms with Gasteiger partial charge in [-0.3, -0.25) is 4.79 Å². The van der Waals surface area contributed by atoms with Crippen LogP contribution in [-0.2, 0) is 4.79 Å². The molecule has 0 radical (unpaired) electrons. The molecule has 3 heteroatoms. The van der Waals surface area contributed by atoms with Crippen LogP contribution in [0.5, 0.6) is 0 Å². The van der Waals surface area contributed by atoms with Crippen molar-refractivity contribution < 1.29 is 4.79 Å². The molecular formula is C15H24N2O. The van der Waals surface area contributed by atoms with E-state index in [1.807, 2.05) is 0 Å². The van der Waals surface area contributed by atoms with Crippen LogP contribution < -0.4 is 10.6 Å². The quantitative estimate of drug-likeness (QED) is 0.795. The van der Waals surface area contributed by atoms with Crippen LogP contribution in [0.2, 0.25) is 0 Å². The zero-order valence-electron chi connectivity index (χ0n) is 11.0. The van der Waals surface area contributed by atoms with Gasteiger partial charge in [0, 0.05) is 12.1 Å². The van der Waals surface area contributed by atoms with E-state index in [-0.39, 0.29) is 5.91 Å². The van der Waals surface area contributed by atoms with Gasteiger partial charge in [0.1, 0.15) is 0 Å². The average molecular weight is 248 g/mol. The molecule has 2 N–H and O–H groups in total. The molecule has 0 aromatic heterocycles. The molecule has 0 saturated heterocycles. The van der Waals surface area contributed by atoms with Crippen molar-refractivity contribution in [2.75, 3.05) is 6.54 Å². The molecule has 0 aromatic carbocycles. The van der Waals surface area contributed by atoms with Crippen LogP contribution in [0.1, 0.15) is 44.9 Å². The second-order valence-corrected chi connectivity index (χ2v) is 6.98. The van der Waals surface area contributed by atoms with Crippen LogP contribution >= 0.6 is 0 Å². The minimum absolute atomic E-state index is 0.231. The van der Waals surface area contributed by atoms with Crippen molar-refractivity contribution in [1.29, 1.82) is 0 Å². The first kappa shape index (κ1) is 11.3. The molecule has 0 aliphatic heterocycles. The van der Waals surface area contributed by atoms with E-state index in [0.29, 0.717) is 18.6 Å². The summed E-state index contributed by atoms with van der Waals surface area (Å²) in [4.78, 5) is 11.9. The summed E-state index contributed by atoms with van der Waals surface area (Å²) in [7, 11) is 0. The Balaban J connectivity index is 1.31. The van der Waals surface area contributed by atoms with Crippen molar-refractivity contribution in [2.24, 2.45) is 23.7 Å². The second-order valence-electron chi connectivity index (χ2n) is 6.98. The Labute approximate surface area is 109 Å². The maximum Gasteiger partial charge on any atom is 0.234 e. The summed E-state index contributed by atoms with van der Waals surface area (Å²) in [6.45, 7) is 0.534. The lowest BCUT2D eigenvalue weighted by Gasteiger charge is -2.32. The Hall–Kier alpha value is -0.570. The molecule has 18 heavy (non-hydrogen) atoms. The molecule has 4 fully saturated rings. The van der Waals surface area contributed by atoms with Gasteiger partial charge in [0.15, 0.2) is 0 Å². The smallest absolute Gasteiger partial charge is 0.234 e. The van der Waals surface area contributed by atoms with E-state index in [1.54, 1.807) is 0 Å². The normalized spacial score (nSPS) is 45.2. The van der Waals surface area contributed by atoms with Gasteiger partial charge < -0.3 is 10.6 Å². The highest BCUT2D eigenvalue weighted by molar-refractivity contribution is 5.78. The maximum absolute atomic E-state index is 11.9. The highest BCUT2D eigenvalue weighted by Gasteiger charge is 2.53. The first-order valence-electron chi connectivity index (χ1n) is 7.84. The Morgan fingerprint density at radius 3 is 2.67 bits per heavy atom. The van der Waals surface area contributed by atoms with E-state index < -0.39 is 0 Å². The molecule has 4 saturated carbocycles. The van der Waals surface area contributed by atoms with Crippen molar-refractivity contribution in [1.82, 2.24) is 10.6 Å². The molecule has 2 bridgehead atoms. The number of carbonyl (C=O) groups excluding carboxylic acids is 1. The van der Waals surface area contributed by atoms with Crippen LogP contribution in [0.4, 0.5) is 0 Å². The van der Waals surface area contributed by atoms with E-state index in [2.05, 4.69) is 10.6 Å². The number of hydrogen-bond donors (Lipinski definition) is 2. The molecule has 5 atom stereocenters. The lowest BCUT2D eigenvalue weighted by Crippen LogP contribution is -2.45. The molecule has 100 valence electrons. The minimum Gasteiger partial charge on any atom is -0.352 e.